The van der Waals surface area contributed by atoms with Gasteiger partial charge in [-0.3, -0.25) is 19.3 Å². The number of hydrogen-bond acceptors (Lipinski definition) is 15. The molecule has 0 unspecified atom stereocenters. The van der Waals surface area contributed by atoms with E-state index in [1.165, 1.54) is 4.90 Å². The summed E-state index contributed by atoms with van der Waals surface area (Å²) in [5.41, 5.74) is 13.5. The number of aromatic nitrogens is 4. The van der Waals surface area contributed by atoms with Gasteiger partial charge >= 0.3 is 0 Å². The SMILES string of the molecule is Cc1ncsc1-c1ccc([C@H](C)NC(=O)[C@@H]2C[C@@H](O)CN2C(=O)[C@@H](c2cc(OCCN3CC(C4CN(C(=O)c5ccc(CCOc6cc(-c7ccccc7O)nnc6N)cc5)C4)C3)no2)C(C)C)cc1. The largest absolute Gasteiger partial charge is 0.507 e. The van der Waals surface area contributed by atoms with Gasteiger partial charge in [0.2, 0.25) is 11.8 Å². The van der Waals surface area contributed by atoms with Gasteiger partial charge in [0.1, 0.15) is 30.0 Å². The Morgan fingerprint density at radius 2 is 1.66 bits per heavy atom. The van der Waals surface area contributed by atoms with Crippen molar-refractivity contribution in [3.8, 4) is 39.1 Å². The fourth-order valence-corrected chi connectivity index (χ4v) is 10.4. The number of para-hydroxylation sites is 1. The Balaban J connectivity index is 0.687. The molecule has 3 aliphatic heterocycles. The molecule has 3 fully saturated rings. The Labute approximate surface area is 410 Å². The van der Waals surface area contributed by atoms with E-state index in [2.05, 4.69) is 30.6 Å². The van der Waals surface area contributed by atoms with Gasteiger partial charge in [0.05, 0.1) is 34.8 Å². The van der Waals surface area contributed by atoms with Crippen molar-refractivity contribution in [1.82, 2.24) is 40.4 Å². The molecule has 6 aromatic rings. The summed E-state index contributed by atoms with van der Waals surface area (Å²) in [6, 6.07) is 24.6. The number of phenolic OH excluding ortho intramolecular Hbond substituents is 1. The number of nitrogens with zero attached hydrogens (tertiary/aromatic N) is 7. The number of β-amino-alcohol motifs (C(OH)–C–C–N with tert-alkyl or cyclic N) is 1. The Kier molecular flexibility index (Phi) is 14.4. The molecular weight excluding hydrogens is 911 g/mol. The number of aliphatic hydroxyl groups is 1. The first-order valence-corrected chi connectivity index (χ1v) is 24.7. The molecule has 3 aliphatic rings. The third kappa shape index (κ3) is 10.6. The van der Waals surface area contributed by atoms with E-state index in [9.17, 15) is 24.6 Å². The number of nitrogen functional groups attached to an aromatic ring is 1. The van der Waals surface area contributed by atoms with Gasteiger partial charge in [-0.15, -0.1) is 21.5 Å². The first kappa shape index (κ1) is 48.1. The quantitative estimate of drug-likeness (QED) is 0.0761. The number of nitrogens with one attached hydrogen (secondary N) is 1. The minimum Gasteiger partial charge on any atom is -0.507 e. The van der Waals surface area contributed by atoms with Crippen LogP contribution in [-0.2, 0) is 16.0 Å². The number of amides is 3. The lowest BCUT2D eigenvalue weighted by Gasteiger charge is -2.50. The Morgan fingerprint density at radius 3 is 2.37 bits per heavy atom. The summed E-state index contributed by atoms with van der Waals surface area (Å²) in [4.78, 5) is 52.3. The third-order valence-electron chi connectivity index (χ3n) is 13.7. The van der Waals surface area contributed by atoms with E-state index < -0.39 is 18.1 Å². The maximum Gasteiger partial charge on any atom is 0.254 e. The zero-order valence-corrected chi connectivity index (χ0v) is 40.5. The van der Waals surface area contributed by atoms with E-state index in [1.807, 2.05) is 86.6 Å². The van der Waals surface area contributed by atoms with Crippen LogP contribution in [0.2, 0.25) is 0 Å². The number of nitrogens with two attached hydrogens (primary N) is 1. The highest BCUT2D eigenvalue weighted by atomic mass is 32.1. The van der Waals surface area contributed by atoms with Crippen molar-refractivity contribution in [2.45, 2.75) is 64.6 Å². The molecule has 6 heterocycles. The van der Waals surface area contributed by atoms with Crippen LogP contribution in [0.4, 0.5) is 5.82 Å². The van der Waals surface area contributed by atoms with Crippen LogP contribution < -0.4 is 20.5 Å². The topological polar surface area (TPSA) is 223 Å². The number of aromatic hydroxyl groups is 1. The minimum atomic E-state index is -0.836. The molecule has 0 saturated carbocycles. The van der Waals surface area contributed by atoms with Gasteiger partial charge in [0, 0.05) is 75.4 Å². The van der Waals surface area contributed by atoms with Crippen molar-refractivity contribution in [2.75, 3.05) is 58.2 Å². The van der Waals surface area contributed by atoms with Crippen molar-refractivity contribution in [3.63, 3.8) is 0 Å². The zero-order valence-electron chi connectivity index (χ0n) is 39.7. The number of rotatable bonds is 18. The summed E-state index contributed by atoms with van der Waals surface area (Å²) >= 11 is 1.59. The number of ether oxygens (including phenoxy) is 2. The molecule has 366 valence electrons. The number of aryl methyl sites for hydroxylation is 1. The molecule has 3 aromatic heterocycles. The molecule has 0 spiro atoms. The van der Waals surface area contributed by atoms with Crippen LogP contribution in [0.15, 0.2) is 95.0 Å². The van der Waals surface area contributed by atoms with E-state index in [4.69, 9.17) is 19.7 Å². The van der Waals surface area contributed by atoms with Crippen LogP contribution >= 0.6 is 11.3 Å². The number of anilines is 1. The predicted octanol–water partition coefficient (Wildman–Crippen LogP) is 6.13. The molecule has 4 atom stereocenters. The zero-order chi connectivity index (χ0) is 49.1. The number of likely N-dealkylation sites (tertiary alicyclic amines) is 3. The molecule has 3 amide bonds. The monoisotopic (exact) mass is 969 g/mol. The Bertz CT molecular complexity index is 2790. The van der Waals surface area contributed by atoms with Crippen LogP contribution in [-0.4, -0.2) is 128 Å². The molecule has 3 aromatic carbocycles. The number of carbonyl (C=O) groups excluding carboxylic acids is 3. The third-order valence-corrected chi connectivity index (χ3v) is 14.7. The first-order valence-electron chi connectivity index (χ1n) is 23.8. The van der Waals surface area contributed by atoms with Crippen LogP contribution in [0.3, 0.4) is 0 Å². The van der Waals surface area contributed by atoms with Gasteiger partial charge in [-0.25, -0.2) is 4.98 Å². The molecule has 70 heavy (non-hydrogen) atoms. The van der Waals surface area contributed by atoms with Gasteiger partial charge < -0.3 is 45.1 Å². The van der Waals surface area contributed by atoms with E-state index >= 15 is 0 Å². The second-order valence-corrected chi connectivity index (χ2v) is 19.8. The lowest BCUT2D eigenvalue weighted by Crippen LogP contribution is -2.61. The van der Waals surface area contributed by atoms with E-state index in [0.717, 1.165) is 53.4 Å². The number of carbonyl (C=O) groups is 3. The maximum absolute atomic E-state index is 14.2. The van der Waals surface area contributed by atoms with Crippen LogP contribution in [0.25, 0.3) is 21.7 Å². The summed E-state index contributed by atoms with van der Waals surface area (Å²) in [5, 5.41) is 36.2. The van der Waals surface area contributed by atoms with Crippen molar-refractivity contribution in [2.24, 2.45) is 17.8 Å². The standard InChI is InChI=1S/C52H59N9O8S/c1-30(2)47(52(66)61-28-39(62)21-42(61)50(64)55-31(3)34-13-15-35(16-14-34)48-32(4)54-29-70-48)44-23-46(58-69-44)68-20-18-59-24-37(25-59)38-26-60(27-38)51(65)36-11-9-33(10-12-36)17-19-67-45-22-41(56-57-49(45)53)40-7-5-6-8-43(40)63/h5-16,22-23,29-31,37-39,42,47,62-63H,17-21,24-28H2,1-4H3,(H2,53,57)(H,55,64)/t31-,39+,42-,47+/m0/s1. The highest BCUT2D eigenvalue weighted by Crippen LogP contribution is 2.35. The van der Waals surface area contributed by atoms with Crippen LogP contribution in [0, 0.1) is 24.7 Å². The highest BCUT2D eigenvalue weighted by Gasteiger charge is 2.44. The lowest BCUT2D eigenvalue weighted by atomic mass is 9.80. The van der Waals surface area contributed by atoms with Gasteiger partial charge in [0.15, 0.2) is 17.3 Å². The van der Waals surface area contributed by atoms with Crippen molar-refractivity contribution >= 4 is 34.9 Å². The van der Waals surface area contributed by atoms with Gasteiger partial charge in [-0.1, -0.05) is 62.4 Å². The van der Waals surface area contributed by atoms with Gasteiger partial charge in [-0.2, -0.15) is 0 Å². The molecule has 9 rings (SSSR count). The van der Waals surface area contributed by atoms with Gasteiger partial charge in [-0.05, 0) is 77.7 Å². The summed E-state index contributed by atoms with van der Waals surface area (Å²) < 4.78 is 17.6. The molecule has 0 bridgehead atoms. The molecule has 0 radical (unpaired) electrons. The summed E-state index contributed by atoms with van der Waals surface area (Å²) in [6.45, 7) is 12.5. The first-order chi connectivity index (χ1) is 33.8. The van der Waals surface area contributed by atoms with Gasteiger partial charge in [0.25, 0.3) is 11.8 Å². The smallest absolute Gasteiger partial charge is 0.254 e. The predicted molar refractivity (Wildman–Crippen MR) is 263 cm³/mol. The van der Waals surface area contributed by atoms with Crippen LogP contribution in [0.1, 0.15) is 72.1 Å². The molecule has 17 nitrogen and oxygen atoms in total. The average Bonchev–Trinajstić information content (AvgIpc) is 4.08. The Morgan fingerprint density at radius 1 is 0.914 bits per heavy atom. The number of phenols is 1. The fraction of sp³-hybridized carbons (Fsp3) is 0.404. The molecule has 18 heteroatoms. The number of aliphatic hydroxyl groups excluding tert-OH is 1. The summed E-state index contributed by atoms with van der Waals surface area (Å²) in [5.74, 6) is 0.705. The number of hydrogen-bond donors (Lipinski definition) is 4. The highest BCUT2D eigenvalue weighted by molar-refractivity contribution is 7.13. The summed E-state index contributed by atoms with van der Waals surface area (Å²) in [7, 11) is 0. The minimum absolute atomic E-state index is 0.0264. The number of thiazole rings is 1. The van der Waals surface area contributed by atoms with E-state index in [0.29, 0.717) is 66.3 Å². The molecule has 3 saturated heterocycles. The van der Waals surface area contributed by atoms with Crippen molar-refractivity contribution in [1.29, 1.82) is 0 Å². The molecule has 0 aliphatic carbocycles. The van der Waals surface area contributed by atoms with Crippen LogP contribution in [0.5, 0.6) is 17.4 Å². The summed E-state index contributed by atoms with van der Waals surface area (Å²) in [6.07, 6.45) is -0.0970. The van der Waals surface area contributed by atoms with E-state index in [1.54, 1.807) is 47.7 Å². The van der Waals surface area contributed by atoms with E-state index in [-0.39, 0.29) is 60.1 Å². The fourth-order valence-electron chi connectivity index (χ4n) is 9.55. The molecule has 5 N–H and O–H groups in total. The average molecular weight is 970 g/mol. The molecular formula is C52H59N9O8S. The number of benzene rings is 3. The second kappa shape index (κ2) is 21.0. The normalized spacial score (nSPS) is 18.3. The van der Waals surface area contributed by atoms with Crippen molar-refractivity contribution in [3.05, 3.63) is 119 Å². The maximum atomic E-state index is 14.2. The second-order valence-electron chi connectivity index (χ2n) is 18.9. The van der Waals surface area contributed by atoms with Crippen molar-refractivity contribution < 1.29 is 38.6 Å². The Hall–Kier alpha value is -6.89. The lowest BCUT2D eigenvalue weighted by molar-refractivity contribution is -0.141.